The molecule has 0 aliphatic heterocycles. The Balaban J connectivity index is 1.57. The van der Waals surface area contributed by atoms with Crippen LogP contribution in [0.25, 0.3) is 11.1 Å². The molecule has 0 fully saturated rings. The SMILES string of the molecule is C=P(C)(C)c1cccc(C2CC=CC=C2C2=CC=CCC2c2ccccc2-c2cccc([PH](C)(C)C)c2)c1. The summed E-state index contributed by atoms with van der Waals surface area (Å²) in [6, 6.07) is 27.7. The molecule has 0 aromatic heterocycles. The van der Waals surface area contributed by atoms with E-state index in [1.54, 1.807) is 0 Å². The van der Waals surface area contributed by atoms with E-state index in [1.807, 2.05) is 0 Å². The zero-order valence-corrected chi connectivity index (χ0v) is 25.5. The number of hydrogen-bond acceptors (Lipinski definition) is 0. The minimum atomic E-state index is -1.40. The van der Waals surface area contributed by atoms with Crippen LogP contribution in [0.2, 0.25) is 0 Å². The molecule has 0 bridgehead atoms. The van der Waals surface area contributed by atoms with E-state index in [2.05, 4.69) is 149 Å². The van der Waals surface area contributed by atoms with Gasteiger partial charge in [-0.15, -0.1) is 0 Å². The van der Waals surface area contributed by atoms with Crippen molar-refractivity contribution in [2.24, 2.45) is 0 Å². The molecule has 2 aliphatic carbocycles. The molecule has 3 aromatic carbocycles. The van der Waals surface area contributed by atoms with Crippen molar-refractivity contribution in [3.05, 3.63) is 132 Å². The van der Waals surface area contributed by atoms with Gasteiger partial charge in [0.2, 0.25) is 0 Å². The summed E-state index contributed by atoms with van der Waals surface area (Å²) in [4.78, 5) is 0. The Labute approximate surface area is 231 Å². The fraction of sp³-hybridized carbons (Fsp3) is 0.250. The molecule has 2 atom stereocenters. The molecule has 196 valence electrons. The van der Waals surface area contributed by atoms with Crippen molar-refractivity contribution in [3.8, 4) is 11.1 Å². The second-order valence-electron chi connectivity index (χ2n) is 12.4. The number of benzene rings is 3. The van der Waals surface area contributed by atoms with Crippen LogP contribution < -0.4 is 10.6 Å². The molecule has 0 spiro atoms. The van der Waals surface area contributed by atoms with E-state index in [0.29, 0.717) is 11.8 Å². The van der Waals surface area contributed by atoms with Crippen LogP contribution in [0.5, 0.6) is 0 Å². The average Bonchev–Trinajstić information content (AvgIpc) is 2.92. The first-order valence-corrected chi connectivity index (χ1v) is 20.2. The van der Waals surface area contributed by atoms with Gasteiger partial charge in [0, 0.05) is 0 Å². The second kappa shape index (κ2) is 10.8. The van der Waals surface area contributed by atoms with Gasteiger partial charge in [-0.1, -0.05) is 19.3 Å². The van der Waals surface area contributed by atoms with E-state index in [1.165, 1.54) is 44.0 Å². The predicted molar refractivity (Wildman–Crippen MR) is 179 cm³/mol. The van der Waals surface area contributed by atoms with Crippen molar-refractivity contribution in [2.75, 3.05) is 33.3 Å². The summed E-state index contributed by atoms with van der Waals surface area (Å²) in [5.41, 5.74) is 8.49. The van der Waals surface area contributed by atoms with Crippen LogP contribution >= 0.6 is 14.1 Å². The van der Waals surface area contributed by atoms with Crippen molar-refractivity contribution in [1.82, 2.24) is 0 Å². The molecule has 0 radical (unpaired) electrons. The average molecular weight is 537 g/mol. The third kappa shape index (κ3) is 5.69. The van der Waals surface area contributed by atoms with Crippen molar-refractivity contribution in [3.63, 3.8) is 0 Å². The Morgan fingerprint density at radius 3 is 2.11 bits per heavy atom. The zero-order valence-electron chi connectivity index (χ0n) is 23.6. The molecule has 0 amide bonds. The molecule has 0 saturated heterocycles. The summed E-state index contributed by atoms with van der Waals surface area (Å²) < 4.78 is 0. The molecule has 0 heterocycles. The minimum absolute atomic E-state index is 0.340. The Bertz CT molecular complexity index is 1500. The number of hydrogen-bond donors (Lipinski definition) is 0. The van der Waals surface area contributed by atoms with Gasteiger partial charge in [-0.3, -0.25) is 0 Å². The van der Waals surface area contributed by atoms with E-state index in [9.17, 15) is 0 Å². The third-order valence-corrected chi connectivity index (χ3v) is 11.7. The molecular weight excluding hydrogens is 494 g/mol. The molecule has 2 heteroatoms. The maximum atomic E-state index is 4.51. The Morgan fingerprint density at radius 2 is 1.39 bits per heavy atom. The molecular formula is C36H42P2. The van der Waals surface area contributed by atoms with Crippen LogP contribution in [-0.4, -0.2) is 39.6 Å². The zero-order chi connectivity index (χ0) is 26.9. The molecule has 38 heavy (non-hydrogen) atoms. The fourth-order valence-electron chi connectivity index (χ4n) is 5.80. The van der Waals surface area contributed by atoms with E-state index >= 15 is 0 Å². The second-order valence-corrected chi connectivity index (χ2v) is 21.3. The topological polar surface area (TPSA) is 0 Å². The first-order chi connectivity index (χ1) is 18.1. The summed E-state index contributed by atoms with van der Waals surface area (Å²) in [6.45, 7) is 10.6. The van der Waals surface area contributed by atoms with Crippen LogP contribution in [0.15, 0.2) is 120 Å². The van der Waals surface area contributed by atoms with E-state index in [4.69, 9.17) is 0 Å². The first-order valence-electron chi connectivity index (χ1n) is 13.9. The first kappa shape index (κ1) is 26.9. The molecule has 0 saturated carbocycles. The normalized spacial score (nSPS) is 20.1. The van der Waals surface area contributed by atoms with Crippen LogP contribution in [-0.2, 0) is 0 Å². The van der Waals surface area contributed by atoms with Gasteiger partial charge in [-0.2, -0.15) is 0 Å². The van der Waals surface area contributed by atoms with Crippen LogP contribution in [0, 0.1) is 0 Å². The van der Waals surface area contributed by atoms with Gasteiger partial charge in [0.15, 0.2) is 0 Å². The maximum absolute atomic E-state index is 4.51. The van der Waals surface area contributed by atoms with Gasteiger partial charge in [-0.05, 0) is 13.3 Å². The van der Waals surface area contributed by atoms with E-state index in [-0.39, 0.29) is 0 Å². The van der Waals surface area contributed by atoms with Gasteiger partial charge >= 0.3 is 199 Å². The predicted octanol–water partition coefficient (Wildman–Crippen LogP) is 8.59. The van der Waals surface area contributed by atoms with Gasteiger partial charge in [-0.25, -0.2) is 0 Å². The van der Waals surface area contributed by atoms with Crippen molar-refractivity contribution < 1.29 is 0 Å². The van der Waals surface area contributed by atoms with Crippen molar-refractivity contribution in [1.29, 1.82) is 0 Å². The van der Waals surface area contributed by atoms with Gasteiger partial charge < -0.3 is 0 Å². The molecule has 5 rings (SSSR count). The summed E-state index contributed by atoms with van der Waals surface area (Å²) in [5, 5.41) is 2.92. The van der Waals surface area contributed by atoms with E-state index < -0.39 is 14.1 Å². The molecule has 2 aliphatic rings. The fourth-order valence-corrected chi connectivity index (χ4v) is 7.97. The van der Waals surface area contributed by atoms with Crippen LogP contribution in [0.3, 0.4) is 0 Å². The Hall–Kier alpha value is -2.65. The summed E-state index contributed by atoms with van der Waals surface area (Å²) in [7, 11) is -1.40. The monoisotopic (exact) mass is 536 g/mol. The Morgan fingerprint density at radius 1 is 0.737 bits per heavy atom. The van der Waals surface area contributed by atoms with Crippen LogP contribution in [0.1, 0.15) is 35.8 Å². The third-order valence-electron chi connectivity index (χ3n) is 8.00. The van der Waals surface area contributed by atoms with Crippen LogP contribution in [0.4, 0.5) is 0 Å². The van der Waals surface area contributed by atoms with Crippen molar-refractivity contribution >= 4 is 31.1 Å². The standard InChI is InChI=1S/C36H42P2/c1-37(2,3)29-17-13-15-27(25-29)31-19-7-9-21-33(31)35-23-11-12-24-36(35)34-22-10-8-20-32(34)28-16-14-18-30(26-28)38(4,5)6/h7-18,20-23,25-26,31,36,38H,1,19,24H2,2-6H3. The number of rotatable bonds is 6. The summed E-state index contributed by atoms with van der Waals surface area (Å²) in [6.07, 6.45) is 20.5. The van der Waals surface area contributed by atoms with Gasteiger partial charge in [0.05, 0.1) is 0 Å². The molecule has 0 N–H and O–H groups in total. The molecule has 3 aromatic rings. The van der Waals surface area contributed by atoms with Crippen molar-refractivity contribution in [2.45, 2.75) is 24.7 Å². The summed E-state index contributed by atoms with van der Waals surface area (Å²) >= 11 is 0. The molecule has 2 unspecified atom stereocenters. The molecule has 0 nitrogen and oxygen atoms in total. The van der Waals surface area contributed by atoms with Gasteiger partial charge in [0.25, 0.3) is 0 Å². The number of allylic oxidation sites excluding steroid dienone is 8. The summed E-state index contributed by atoms with van der Waals surface area (Å²) in [5.74, 6) is 0.709. The van der Waals surface area contributed by atoms with Gasteiger partial charge in [0.1, 0.15) is 0 Å². The van der Waals surface area contributed by atoms with E-state index in [0.717, 1.165) is 12.8 Å². The Kier molecular flexibility index (Phi) is 7.69. The quantitative estimate of drug-likeness (QED) is 0.277.